The second-order valence-electron chi connectivity index (χ2n) is 6.70. The number of aromatic hydroxyl groups is 1. The van der Waals surface area contributed by atoms with Crippen molar-refractivity contribution in [2.75, 3.05) is 10.0 Å². The number of carbonyl (C=O) groups is 1. The molecular weight excluding hydrogens is 486 g/mol. The summed E-state index contributed by atoms with van der Waals surface area (Å²) in [6.45, 7) is 1.69. The van der Waals surface area contributed by atoms with Gasteiger partial charge in [-0.25, -0.2) is 18.4 Å². The number of nitrogens with zero attached hydrogens (tertiary/aromatic N) is 2. The SMILES string of the molecule is Cc1cc(NS(=O)(=O)c2c[nH]c3ncc(Br)cc23)cnc1NC(=O)c1cccc(O)c1. The summed E-state index contributed by atoms with van der Waals surface area (Å²) < 4.78 is 28.9. The number of anilines is 2. The van der Waals surface area contributed by atoms with Crippen LogP contribution in [0.1, 0.15) is 15.9 Å². The first-order chi connectivity index (χ1) is 14.7. The third-order valence-electron chi connectivity index (χ3n) is 4.42. The van der Waals surface area contributed by atoms with E-state index in [1.54, 1.807) is 37.4 Å². The topological polar surface area (TPSA) is 137 Å². The monoisotopic (exact) mass is 501 g/mol. The Morgan fingerprint density at radius 1 is 1.16 bits per heavy atom. The van der Waals surface area contributed by atoms with Crippen LogP contribution in [0.3, 0.4) is 0 Å². The number of phenolic OH excluding ortho intramolecular Hbond substituents is 1. The average molecular weight is 502 g/mol. The maximum Gasteiger partial charge on any atom is 0.264 e. The third-order valence-corrected chi connectivity index (χ3v) is 6.27. The van der Waals surface area contributed by atoms with Gasteiger partial charge in [-0.3, -0.25) is 9.52 Å². The molecule has 0 unspecified atom stereocenters. The molecule has 0 radical (unpaired) electrons. The quantitative estimate of drug-likeness (QED) is 0.328. The van der Waals surface area contributed by atoms with Gasteiger partial charge in [-0.2, -0.15) is 0 Å². The van der Waals surface area contributed by atoms with Gasteiger partial charge in [-0.15, -0.1) is 0 Å². The molecule has 0 fully saturated rings. The Morgan fingerprint density at radius 2 is 1.97 bits per heavy atom. The van der Waals surface area contributed by atoms with Gasteiger partial charge in [0.15, 0.2) is 0 Å². The van der Waals surface area contributed by atoms with Crippen molar-refractivity contribution in [2.24, 2.45) is 0 Å². The number of aromatic amines is 1. The summed E-state index contributed by atoms with van der Waals surface area (Å²) in [6, 6.07) is 9.14. The Morgan fingerprint density at radius 3 is 2.71 bits per heavy atom. The van der Waals surface area contributed by atoms with Gasteiger partial charge >= 0.3 is 0 Å². The number of nitrogens with one attached hydrogen (secondary N) is 3. The van der Waals surface area contributed by atoms with Crippen LogP contribution in [0, 0.1) is 6.92 Å². The van der Waals surface area contributed by atoms with Crippen molar-refractivity contribution < 1.29 is 18.3 Å². The van der Waals surface area contributed by atoms with Crippen molar-refractivity contribution in [3.05, 3.63) is 70.6 Å². The summed E-state index contributed by atoms with van der Waals surface area (Å²) in [5, 5.41) is 12.6. The lowest BCUT2D eigenvalue weighted by Crippen LogP contribution is -2.15. The predicted octanol–water partition coefficient (Wildman–Crippen LogP) is 3.79. The van der Waals surface area contributed by atoms with E-state index in [2.05, 4.69) is 40.9 Å². The second kappa shape index (κ2) is 8.00. The zero-order valence-electron chi connectivity index (χ0n) is 16.0. The summed E-state index contributed by atoms with van der Waals surface area (Å²) in [5.74, 6) is -0.199. The fourth-order valence-electron chi connectivity index (χ4n) is 2.97. The molecule has 0 saturated heterocycles. The molecule has 0 saturated carbocycles. The number of rotatable bonds is 5. The molecular formula is C20H16BrN5O4S. The maximum atomic E-state index is 12.9. The second-order valence-corrected chi connectivity index (χ2v) is 9.27. The molecule has 4 N–H and O–H groups in total. The highest BCUT2D eigenvalue weighted by Crippen LogP contribution is 2.27. The largest absolute Gasteiger partial charge is 0.508 e. The number of aryl methyl sites for hydroxylation is 1. The van der Waals surface area contributed by atoms with Crippen LogP contribution in [0.2, 0.25) is 0 Å². The van der Waals surface area contributed by atoms with Crippen LogP contribution in [0.5, 0.6) is 5.75 Å². The van der Waals surface area contributed by atoms with Crippen molar-refractivity contribution in [3.63, 3.8) is 0 Å². The number of carbonyl (C=O) groups excluding carboxylic acids is 1. The van der Waals surface area contributed by atoms with E-state index in [0.717, 1.165) is 0 Å². The number of H-pyrrole nitrogens is 1. The first-order valence-electron chi connectivity index (χ1n) is 8.95. The molecule has 1 amide bonds. The van der Waals surface area contributed by atoms with Gasteiger partial charge in [0.05, 0.1) is 11.9 Å². The van der Waals surface area contributed by atoms with Crippen molar-refractivity contribution in [1.29, 1.82) is 0 Å². The van der Waals surface area contributed by atoms with Crippen LogP contribution in [0.15, 0.2) is 64.4 Å². The third kappa shape index (κ3) is 4.37. The minimum absolute atomic E-state index is 0.0263. The van der Waals surface area contributed by atoms with Crippen molar-refractivity contribution >= 4 is 54.4 Å². The van der Waals surface area contributed by atoms with Crippen molar-refractivity contribution in [1.82, 2.24) is 15.0 Å². The normalized spacial score (nSPS) is 11.4. The van der Waals surface area contributed by atoms with Crippen LogP contribution in [-0.4, -0.2) is 34.4 Å². The number of hydrogen-bond acceptors (Lipinski definition) is 6. The Bertz CT molecular complexity index is 1420. The standard InChI is InChI=1S/C20H16BrN5O4S/c1-11-5-14(9-23-18(11)25-20(28)12-3-2-4-15(27)6-12)26-31(29,30)17-10-24-19-16(17)7-13(21)8-22-19/h2-10,26-27H,1H3,(H,22,24)(H,23,25,28). The molecule has 31 heavy (non-hydrogen) atoms. The first-order valence-corrected chi connectivity index (χ1v) is 11.2. The van der Waals surface area contributed by atoms with Gasteiger partial charge < -0.3 is 15.4 Å². The lowest BCUT2D eigenvalue weighted by molar-refractivity contribution is 0.102. The molecule has 0 aliphatic carbocycles. The molecule has 1 aromatic carbocycles. The van der Waals surface area contributed by atoms with E-state index >= 15 is 0 Å². The minimum Gasteiger partial charge on any atom is -0.508 e. The summed E-state index contributed by atoms with van der Waals surface area (Å²) in [6.07, 6.45) is 4.25. The highest BCUT2D eigenvalue weighted by molar-refractivity contribution is 9.10. The van der Waals surface area contributed by atoms with Crippen molar-refractivity contribution in [2.45, 2.75) is 11.8 Å². The van der Waals surface area contributed by atoms with Gasteiger partial charge in [0.25, 0.3) is 15.9 Å². The zero-order chi connectivity index (χ0) is 22.2. The van der Waals surface area contributed by atoms with Gasteiger partial charge in [0.1, 0.15) is 22.1 Å². The fraction of sp³-hybridized carbons (Fsp3) is 0.0500. The van der Waals surface area contributed by atoms with E-state index in [0.29, 0.717) is 21.1 Å². The van der Waals surface area contributed by atoms with E-state index in [-0.39, 0.29) is 27.7 Å². The van der Waals surface area contributed by atoms with Gasteiger partial charge in [-0.1, -0.05) is 6.07 Å². The molecule has 0 spiro atoms. The molecule has 0 bridgehead atoms. The first kappa shape index (κ1) is 20.8. The number of hydrogen-bond donors (Lipinski definition) is 4. The number of benzene rings is 1. The van der Waals surface area contributed by atoms with Crippen LogP contribution < -0.4 is 10.0 Å². The molecule has 4 rings (SSSR count). The summed E-state index contributed by atoms with van der Waals surface area (Å²) in [4.78, 5) is 23.5. The van der Waals surface area contributed by atoms with E-state index in [9.17, 15) is 18.3 Å². The van der Waals surface area contributed by atoms with Crippen LogP contribution in [-0.2, 0) is 10.0 Å². The number of halogens is 1. The molecule has 158 valence electrons. The van der Waals surface area contributed by atoms with E-state index in [4.69, 9.17) is 0 Å². The van der Waals surface area contributed by atoms with Crippen LogP contribution in [0.25, 0.3) is 11.0 Å². The molecule has 3 heterocycles. The average Bonchev–Trinajstić information content (AvgIpc) is 3.13. The van der Waals surface area contributed by atoms with E-state index in [1.165, 1.54) is 24.5 Å². The predicted molar refractivity (Wildman–Crippen MR) is 120 cm³/mol. The number of fused-ring (bicyclic) bond motifs is 1. The Hall–Kier alpha value is -3.44. The maximum absolute atomic E-state index is 12.9. The number of pyridine rings is 2. The summed E-state index contributed by atoms with van der Waals surface area (Å²) >= 11 is 3.29. The minimum atomic E-state index is -3.91. The molecule has 3 aromatic heterocycles. The van der Waals surface area contributed by atoms with Crippen LogP contribution >= 0.6 is 15.9 Å². The van der Waals surface area contributed by atoms with Gasteiger partial charge in [-0.05, 0) is 58.7 Å². The summed E-state index contributed by atoms with van der Waals surface area (Å²) in [5.41, 5.74) is 1.51. The van der Waals surface area contributed by atoms with Gasteiger partial charge in [0.2, 0.25) is 0 Å². The van der Waals surface area contributed by atoms with Gasteiger partial charge in [0, 0.05) is 27.8 Å². The van der Waals surface area contributed by atoms with Crippen molar-refractivity contribution in [3.8, 4) is 5.75 Å². The van der Waals surface area contributed by atoms with E-state index < -0.39 is 15.9 Å². The number of aromatic nitrogens is 3. The molecule has 0 atom stereocenters. The Kier molecular flexibility index (Phi) is 5.38. The molecule has 11 heteroatoms. The number of sulfonamides is 1. The number of phenols is 1. The Labute approximate surface area is 185 Å². The summed E-state index contributed by atoms with van der Waals surface area (Å²) in [7, 11) is -3.91. The Balaban J connectivity index is 1.56. The molecule has 0 aliphatic heterocycles. The number of amides is 1. The highest BCUT2D eigenvalue weighted by Gasteiger charge is 2.21. The molecule has 0 aliphatic rings. The van der Waals surface area contributed by atoms with E-state index in [1.807, 2.05) is 0 Å². The molecule has 9 nitrogen and oxygen atoms in total. The lowest BCUT2D eigenvalue weighted by atomic mass is 10.2. The smallest absolute Gasteiger partial charge is 0.264 e. The fourth-order valence-corrected chi connectivity index (χ4v) is 4.50. The van der Waals surface area contributed by atoms with Crippen LogP contribution in [0.4, 0.5) is 11.5 Å². The zero-order valence-corrected chi connectivity index (χ0v) is 18.5. The lowest BCUT2D eigenvalue weighted by Gasteiger charge is -2.11. The molecule has 4 aromatic rings. The highest BCUT2D eigenvalue weighted by atomic mass is 79.9.